The van der Waals surface area contributed by atoms with Gasteiger partial charge in [0.1, 0.15) is 23.7 Å². The van der Waals surface area contributed by atoms with Crippen molar-refractivity contribution in [2.45, 2.75) is 76.3 Å². The standard InChI is InChI=1S/C46H50N10O6.C2HF3O2/c1-27(2)40(53-45(59)62-4)44(58)56-21-9-13-38(56)42-48-25-35(51-42)30-16-14-29(15-17-30)34-24-47-33-23-31(18-19-32(33)50-34)36-26-49-41(52-36)37-12-8-20-55(37)43(57)39(54(3)46(60)61)22-28-10-6-5-7-11-28;3-2(4,5)1(6)7/h5-7,10-11,14-19,23-27,37-40H,8-9,12-13,20-22H2,1-4H3,(H,48,51)(H,49,52)(H,53,59)(H,60,61);(H,6,7)/t37-,38-,39+,40-;/m0./s1. The lowest BCUT2D eigenvalue weighted by atomic mass is 10.0. The number of carboxylic acids is 1. The number of H-pyrrole nitrogens is 2. The third kappa shape index (κ3) is 11.3. The third-order valence-corrected chi connectivity index (χ3v) is 12.2. The van der Waals surface area contributed by atoms with E-state index in [1.807, 2.05) is 92.8 Å². The van der Waals surface area contributed by atoms with Gasteiger partial charge in [-0.25, -0.2) is 29.3 Å². The quantitative estimate of drug-likeness (QED) is 0.0795. The molecule has 0 radical (unpaired) electrons. The van der Waals surface area contributed by atoms with E-state index in [2.05, 4.69) is 15.3 Å². The average Bonchev–Trinajstić information content (AvgIpc) is 4.19. The molecule has 8 rings (SSSR count). The van der Waals surface area contributed by atoms with Crippen molar-refractivity contribution in [2.24, 2.45) is 5.92 Å². The normalized spacial score (nSPS) is 16.7. The van der Waals surface area contributed by atoms with Crippen LogP contribution in [0.5, 0.6) is 0 Å². The van der Waals surface area contributed by atoms with E-state index in [0.717, 1.165) is 63.3 Å². The fourth-order valence-electron chi connectivity index (χ4n) is 8.50. The summed E-state index contributed by atoms with van der Waals surface area (Å²) in [6, 6.07) is 21.1. The van der Waals surface area contributed by atoms with Gasteiger partial charge in [0.2, 0.25) is 11.8 Å². The number of carbonyl (C=O) groups excluding carboxylic acids is 3. The fourth-order valence-corrected chi connectivity index (χ4v) is 8.50. The van der Waals surface area contributed by atoms with E-state index in [1.165, 1.54) is 14.2 Å². The monoisotopic (exact) mass is 952 g/mol. The van der Waals surface area contributed by atoms with Crippen molar-refractivity contribution in [3.63, 3.8) is 0 Å². The summed E-state index contributed by atoms with van der Waals surface area (Å²) in [6.45, 7) is 4.88. The number of aliphatic carboxylic acids is 1. The molecule has 69 heavy (non-hydrogen) atoms. The highest BCUT2D eigenvalue weighted by molar-refractivity contribution is 5.87. The number of carbonyl (C=O) groups is 5. The number of halogens is 3. The molecule has 4 atom stereocenters. The van der Waals surface area contributed by atoms with Gasteiger partial charge in [-0.3, -0.25) is 19.5 Å². The highest BCUT2D eigenvalue weighted by atomic mass is 19.4. The van der Waals surface area contributed by atoms with Crippen LogP contribution in [-0.2, 0) is 25.5 Å². The summed E-state index contributed by atoms with van der Waals surface area (Å²) >= 11 is 0. The zero-order valence-electron chi connectivity index (χ0n) is 38.1. The second kappa shape index (κ2) is 21.0. The summed E-state index contributed by atoms with van der Waals surface area (Å²) in [5.74, 6) is -1.92. The molecule has 2 aliphatic heterocycles. The van der Waals surface area contributed by atoms with Crippen LogP contribution in [0.15, 0.2) is 91.4 Å². The summed E-state index contributed by atoms with van der Waals surface area (Å²) in [5.41, 5.74) is 7.23. The number of hydrogen-bond donors (Lipinski definition) is 5. The van der Waals surface area contributed by atoms with E-state index in [0.29, 0.717) is 42.4 Å². The molecule has 0 bridgehead atoms. The van der Waals surface area contributed by atoms with E-state index in [-0.39, 0.29) is 36.2 Å². The van der Waals surface area contributed by atoms with Crippen molar-refractivity contribution in [1.82, 2.24) is 49.9 Å². The second-order valence-electron chi connectivity index (χ2n) is 17.0. The molecule has 362 valence electrons. The lowest BCUT2D eigenvalue weighted by Gasteiger charge is -2.32. The van der Waals surface area contributed by atoms with Crippen LogP contribution in [-0.4, -0.2) is 130 Å². The van der Waals surface area contributed by atoms with Crippen LogP contribution in [0, 0.1) is 5.92 Å². The topological polar surface area (TPSA) is 240 Å². The molecule has 0 spiro atoms. The Morgan fingerprint density at radius 2 is 1.42 bits per heavy atom. The van der Waals surface area contributed by atoms with Crippen molar-refractivity contribution >= 4 is 41.0 Å². The predicted molar refractivity (Wildman–Crippen MR) is 245 cm³/mol. The maximum absolute atomic E-state index is 14.0. The number of likely N-dealkylation sites (N-methyl/N-ethyl adjacent to an activating group) is 1. The number of nitrogens with one attached hydrogen (secondary N) is 3. The number of hydrogen-bond acceptors (Lipinski definition) is 10. The number of carboxylic acid groups (broad SMARTS) is 2. The number of fused-ring (bicyclic) bond motifs is 1. The SMILES string of the molecule is COC(=O)N[C@H](C(=O)N1CCC[C@H]1c1nc(-c2ccc(-c3cnc4cc(-c5cnc([C@@H]6CCCN6C(=O)[C@@H](Cc6ccccc6)N(C)C(=O)O)[nH]5)ccc4n3)cc2)c[nH]1)C(C)C.O=C(O)C(F)(F)F. The first-order valence-corrected chi connectivity index (χ1v) is 22.2. The third-order valence-electron chi connectivity index (χ3n) is 12.2. The van der Waals surface area contributed by atoms with Crippen molar-refractivity contribution in [3.8, 4) is 33.8 Å². The van der Waals surface area contributed by atoms with E-state index in [4.69, 9.17) is 34.6 Å². The minimum atomic E-state index is -5.08. The maximum atomic E-state index is 14.0. The van der Waals surface area contributed by atoms with E-state index in [9.17, 15) is 37.5 Å². The van der Waals surface area contributed by atoms with Gasteiger partial charge in [-0.2, -0.15) is 13.2 Å². The number of benzene rings is 3. The Labute approximate surface area is 393 Å². The molecule has 2 fully saturated rings. The molecular weight excluding hydrogens is 902 g/mol. The molecule has 21 heteroatoms. The Bertz CT molecular complexity index is 2800. The van der Waals surface area contributed by atoms with Crippen molar-refractivity contribution < 1.29 is 52.1 Å². The summed E-state index contributed by atoms with van der Waals surface area (Å²) in [7, 11) is 2.73. The number of methoxy groups -OCH3 is 1. The van der Waals surface area contributed by atoms with Gasteiger partial charge in [0.15, 0.2) is 0 Å². The lowest BCUT2D eigenvalue weighted by Crippen LogP contribution is -2.51. The molecule has 2 saturated heterocycles. The van der Waals surface area contributed by atoms with Crippen molar-refractivity contribution in [1.29, 1.82) is 0 Å². The Morgan fingerprint density at radius 3 is 2.03 bits per heavy atom. The van der Waals surface area contributed by atoms with Gasteiger partial charge in [-0.05, 0) is 49.3 Å². The average molecular weight is 953 g/mol. The molecule has 3 aromatic carbocycles. The predicted octanol–water partition coefficient (Wildman–Crippen LogP) is 7.64. The number of likely N-dealkylation sites (tertiary alicyclic amines) is 2. The molecule has 5 heterocycles. The van der Waals surface area contributed by atoms with Gasteiger partial charge in [-0.1, -0.05) is 74.5 Å². The number of aromatic amines is 2. The number of amides is 4. The van der Waals surface area contributed by atoms with Crippen LogP contribution in [0.25, 0.3) is 44.8 Å². The fraction of sp³-hybridized carbons (Fsp3) is 0.354. The Kier molecular flexibility index (Phi) is 14.9. The second-order valence-corrected chi connectivity index (χ2v) is 17.0. The molecule has 0 saturated carbocycles. The molecule has 5 N–H and O–H groups in total. The van der Waals surface area contributed by atoms with Crippen molar-refractivity contribution in [3.05, 3.63) is 109 Å². The van der Waals surface area contributed by atoms with Gasteiger partial charge in [-0.15, -0.1) is 0 Å². The number of aromatic nitrogens is 6. The number of rotatable bonds is 12. The van der Waals surface area contributed by atoms with Crippen LogP contribution < -0.4 is 5.32 Å². The number of ether oxygens (including phenoxy) is 1. The maximum Gasteiger partial charge on any atom is 0.490 e. The Morgan fingerprint density at radius 1 is 0.812 bits per heavy atom. The Balaban J connectivity index is 0.000000933. The first-order valence-electron chi connectivity index (χ1n) is 22.2. The largest absolute Gasteiger partial charge is 0.490 e. The minimum Gasteiger partial charge on any atom is -0.475 e. The summed E-state index contributed by atoms with van der Waals surface area (Å²) in [6.07, 6.45) is 1.84. The minimum absolute atomic E-state index is 0.119. The first kappa shape index (κ1) is 49.1. The van der Waals surface area contributed by atoms with Gasteiger partial charge in [0, 0.05) is 49.4 Å². The molecule has 0 aliphatic carbocycles. The number of nitrogens with zero attached hydrogens (tertiary/aromatic N) is 7. The Hall–Kier alpha value is -7.84. The van der Waals surface area contributed by atoms with Crippen LogP contribution in [0.2, 0.25) is 0 Å². The highest BCUT2D eigenvalue weighted by Crippen LogP contribution is 2.35. The molecule has 6 aromatic rings. The molecule has 18 nitrogen and oxygen atoms in total. The van der Waals surface area contributed by atoms with Crippen LogP contribution in [0.3, 0.4) is 0 Å². The van der Waals surface area contributed by atoms with E-state index in [1.54, 1.807) is 22.2 Å². The summed E-state index contributed by atoms with van der Waals surface area (Å²) in [4.78, 5) is 91.1. The van der Waals surface area contributed by atoms with Gasteiger partial charge in [0.05, 0.1) is 59.7 Å². The number of alkyl halides is 3. The van der Waals surface area contributed by atoms with Gasteiger partial charge >= 0.3 is 24.3 Å². The summed E-state index contributed by atoms with van der Waals surface area (Å²) < 4.78 is 36.5. The van der Waals surface area contributed by atoms with Gasteiger partial charge < -0.3 is 40.0 Å². The highest BCUT2D eigenvalue weighted by Gasteiger charge is 2.40. The molecule has 2 aliphatic rings. The van der Waals surface area contributed by atoms with Crippen LogP contribution in [0.4, 0.5) is 22.8 Å². The number of imidazole rings is 2. The molecule has 4 amide bonds. The van der Waals surface area contributed by atoms with Crippen molar-refractivity contribution in [2.75, 3.05) is 27.2 Å². The van der Waals surface area contributed by atoms with Gasteiger partial charge in [0.25, 0.3) is 0 Å². The lowest BCUT2D eigenvalue weighted by molar-refractivity contribution is -0.192. The zero-order chi connectivity index (χ0) is 49.6. The van der Waals surface area contributed by atoms with E-state index < -0.39 is 36.4 Å². The van der Waals surface area contributed by atoms with Crippen LogP contribution >= 0.6 is 0 Å². The molecule has 0 unspecified atom stereocenters. The summed E-state index contributed by atoms with van der Waals surface area (Å²) in [5, 5.41) is 19.6. The molecular formula is C48H51F3N10O8. The number of alkyl carbamates (subject to hydrolysis) is 1. The smallest absolute Gasteiger partial charge is 0.475 e. The first-order chi connectivity index (χ1) is 32.9. The molecule has 3 aromatic heterocycles. The van der Waals surface area contributed by atoms with Crippen LogP contribution in [0.1, 0.15) is 68.8 Å². The zero-order valence-corrected chi connectivity index (χ0v) is 38.1. The van der Waals surface area contributed by atoms with E-state index >= 15 is 0 Å².